The summed E-state index contributed by atoms with van der Waals surface area (Å²) >= 11 is 0. The molecule has 4 heteroatoms. The van der Waals surface area contributed by atoms with E-state index in [4.69, 9.17) is 0 Å². The largest absolute Gasteiger partial charge is 0.350 e. The van der Waals surface area contributed by atoms with E-state index in [2.05, 4.69) is 10.6 Å². The summed E-state index contributed by atoms with van der Waals surface area (Å²) in [6, 6.07) is 7.34. The van der Waals surface area contributed by atoms with Gasteiger partial charge in [-0.3, -0.25) is 9.59 Å². The minimum absolute atomic E-state index is 0.0449. The van der Waals surface area contributed by atoms with Crippen LogP contribution in [0, 0.1) is 5.92 Å². The summed E-state index contributed by atoms with van der Waals surface area (Å²) in [7, 11) is 0. The van der Waals surface area contributed by atoms with Crippen molar-refractivity contribution in [2.45, 2.75) is 58.4 Å². The van der Waals surface area contributed by atoms with Gasteiger partial charge in [0.25, 0.3) is 5.91 Å². The number of amides is 2. The highest BCUT2D eigenvalue weighted by Crippen LogP contribution is 2.25. The second kappa shape index (κ2) is 7.97. The van der Waals surface area contributed by atoms with E-state index in [1.54, 1.807) is 12.1 Å². The van der Waals surface area contributed by atoms with Gasteiger partial charge in [-0.05, 0) is 38.3 Å². The number of carbonyl (C=O) groups excluding carboxylic acids is 2. The van der Waals surface area contributed by atoms with Crippen LogP contribution >= 0.6 is 0 Å². The molecule has 2 N–H and O–H groups in total. The smallest absolute Gasteiger partial charge is 0.253 e. The summed E-state index contributed by atoms with van der Waals surface area (Å²) in [6.07, 6.45) is 6.24. The molecule has 0 spiro atoms. The fourth-order valence-electron chi connectivity index (χ4n) is 2.79. The molecular weight excluding hydrogens is 276 g/mol. The molecule has 1 saturated carbocycles. The van der Waals surface area contributed by atoms with Crippen LogP contribution in [0.3, 0.4) is 0 Å². The standard InChI is InChI=1S/C18H26N2O2/c1-3-13(2)19-18(22)15-11-7-8-12-16(15)20-17(21)14-9-5-4-6-10-14/h7-8,11-14H,3-6,9-10H2,1-2H3,(H,19,22)(H,20,21)/t13-/m1/s1. The van der Waals surface area contributed by atoms with Crippen LogP contribution in [0.15, 0.2) is 24.3 Å². The van der Waals surface area contributed by atoms with Crippen LogP contribution in [0.4, 0.5) is 5.69 Å². The van der Waals surface area contributed by atoms with E-state index in [1.165, 1.54) is 6.42 Å². The molecule has 1 aliphatic carbocycles. The molecule has 0 bridgehead atoms. The summed E-state index contributed by atoms with van der Waals surface area (Å²) in [5.41, 5.74) is 1.14. The van der Waals surface area contributed by atoms with Gasteiger partial charge in [0.1, 0.15) is 0 Å². The molecule has 0 aromatic heterocycles. The number of benzene rings is 1. The van der Waals surface area contributed by atoms with E-state index in [0.717, 1.165) is 32.1 Å². The lowest BCUT2D eigenvalue weighted by Gasteiger charge is -2.21. The molecule has 1 fully saturated rings. The van der Waals surface area contributed by atoms with Gasteiger partial charge in [-0.2, -0.15) is 0 Å². The molecule has 4 nitrogen and oxygen atoms in total. The van der Waals surface area contributed by atoms with Crippen molar-refractivity contribution >= 4 is 17.5 Å². The van der Waals surface area contributed by atoms with Gasteiger partial charge in [-0.15, -0.1) is 0 Å². The van der Waals surface area contributed by atoms with Gasteiger partial charge >= 0.3 is 0 Å². The number of hydrogen-bond donors (Lipinski definition) is 2. The predicted octanol–water partition coefficient (Wildman–Crippen LogP) is 3.73. The van der Waals surface area contributed by atoms with E-state index >= 15 is 0 Å². The Morgan fingerprint density at radius 1 is 1.18 bits per heavy atom. The number of nitrogens with one attached hydrogen (secondary N) is 2. The highest BCUT2D eigenvalue weighted by Gasteiger charge is 2.22. The zero-order valence-corrected chi connectivity index (χ0v) is 13.5. The summed E-state index contributed by atoms with van der Waals surface area (Å²) in [5, 5.41) is 5.90. The Hall–Kier alpha value is -1.84. The molecule has 22 heavy (non-hydrogen) atoms. The Morgan fingerprint density at radius 2 is 1.86 bits per heavy atom. The number of para-hydroxylation sites is 1. The molecule has 1 aromatic carbocycles. The first kappa shape index (κ1) is 16.5. The Labute approximate surface area is 132 Å². The lowest BCUT2D eigenvalue weighted by Crippen LogP contribution is -2.33. The maximum atomic E-state index is 12.4. The predicted molar refractivity (Wildman–Crippen MR) is 88.9 cm³/mol. The fraction of sp³-hybridized carbons (Fsp3) is 0.556. The average molecular weight is 302 g/mol. The molecule has 2 amide bonds. The molecule has 1 aliphatic rings. The number of hydrogen-bond acceptors (Lipinski definition) is 2. The van der Waals surface area contributed by atoms with Crippen molar-refractivity contribution < 1.29 is 9.59 Å². The zero-order chi connectivity index (χ0) is 15.9. The van der Waals surface area contributed by atoms with Gasteiger partial charge in [0.2, 0.25) is 5.91 Å². The van der Waals surface area contributed by atoms with Gasteiger partial charge in [-0.25, -0.2) is 0 Å². The van der Waals surface area contributed by atoms with Crippen LogP contribution in [0.2, 0.25) is 0 Å². The molecule has 120 valence electrons. The van der Waals surface area contributed by atoms with Crippen molar-refractivity contribution in [2.24, 2.45) is 5.92 Å². The van der Waals surface area contributed by atoms with Crippen LogP contribution < -0.4 is 10.6 Å². The van der Waals surface area contributed by atoms with Crippen molar-refractivity contribution in [3.8, 4) is 0 Å². The summed E-state index contributed by atoms with van der Waals surface area (Å²) < 4.78 is 0. The third-order valence-electron chi connectivity index (χ3n) is 4.40. The molecule has 0 aliphatic heterocycles. The molecule has 1 aromatic rings. The maximum Gasteiger partial charge on any atom is 0.253 e. The van der Waals surface area contributed by atoms with Crippen LogP contribution in [-0.4, -0.2) is 17.9 Å². The first-order chi connectivity index (χ1) is 10.6. The van der Waals surface area contributed by atoms with Crippen molar-refractivity contribution in [2.75, 3.05) is 5.32 Å². The number of rotatable bonds is 5. The molecule has 0 unspecified atom stereocenters. The molecular formula is C18H26N2O2. The second-order valence-electron chi connectivity index (χ2n) is 6.15. The van der Waals surface area contributed by atoms with Crippen LogP contribution in [0.1, 0.15) is 62.7 Å². The third kappa shape index (κ3) is 4.33. The van der Waals surface area contributed by atoms with Crippen molar-refractivity contribution in [1.82, 2.24) is 5.32 Å². The summed E-state index contributed by atoms with van der Waals surface area (Å²) in [4.78, 5) is 24.7. The van der Waals surface area contributed by atoms with Crippen LogP contribution in [0.5, 0.6) is 0 Å². The van der Waals surface area contributed by atoms with E-state index in [1.807, 2.05) is 26.0 Å². The van der Waals surface area contributed by atoms with Gasteiger partial charge < -0.3 is 10.6 Å². The Morgan fingerprint density at radius 3 is 2.55 bits per heavy atom. The lowest BCUT2D eigenvalue weighted by molar-refractivity contribution is -0.120. The number of carbonyl (C=O) groups is 2. The van der Waals surface area contributed by atoms with Crippen LogP contribution in [0.25, 0.3) is 0 Å². The van der Waals surface area contributed by atoms with Crippen molar-refractivity contribution in [3.05, 3.63) is 29.8 Å². The average Bonchev–Trinajstić information content (AvgIpc) is 2.55. The molecule has 2 rings (SSSR count). The SMILES string of the molecule is CC[C@@H](C)NC(=O)c1ccccc1NC(=O)C1CCCCC1. The van der Waals surface area contributed by atoms with Gasteiger partial charge in [0.15, 0.2) is 0 Å². The van der Waals surface area contributed by atoms with E-state index in [9.17, 15) is 9.59 Å². The third-order valence-corrected chi connectivity index (χ3v) is 4.40. The lowest BCUT2D eigenvalue weighted by atomic mass is 9.88. The Balaban J connectivity index is 2.07. The van der Waals surface area contributed by atoms with E-state index in [0.29, 0.717) is 11.3 Å². The number of anilines is 1. The minimum Gasteiger partial charge on any atom is -0.350 e. The topological polar surface area (TPSA) is 58.2 Å². The van der Waals surface area contributed by atoms with Crippen molar-refractivity contribution in [3.63, 3.8) is 0 Å². The summed E-state index contributed by atoms with van der Waals surface area (Å²) in [5.74, 6) is -0.00295. The van der Waals surface area contributed by atoms with Gasteiger partial charge in [0, 0.05) is 12.0 Å². The first-order valence-electron chi connectivity index (χ1n) is 8.32. The molecule has 1 atom stereocenters. The Bertz CT molecular complexity index is 522. The monoisotopic (exact) mass is 302 g/mol. The summed E-state index contributed by atoms with van der Waals surface area (Å²) in [6.45, 7) is 4.00. The second-order valence-corrected chi connectivity index (χ2v) is 6.15. The molecule has 0 heterocycles. The molecule has 0 saturated heterocycles. The quantitative estimate of drug-likeness (QED) is 0.870. The first-order valence-corrected chi connectivity index (χ1v) is 8.32. The van der Waals surface area contributed by atoms with Gasteiger partial charge in [-0.1, -0.05) is 38.3 Å². The molecule has 0 radical (unpaired) electrons. The maximum absolute atomic E-state index is 12.4. The van der Waals surface area contributed by atoms with E-state index < -0.39 is 0 Å². The highest BCUT2D eigenvalue weighted by molar-refractivity contribution is 6.04. The highest BCUT2D eigenvalue weighted by atomic mass is 16.2. The fourth-order valence-corrected chi connectivity index (χ4v) is 2.79. The minimum atomic E-state index is -0.131. The Kier molecular flexibility index (Phi) is 5.99. The normalized spacial score (nSPS) is 16.8. The van der Waals surface area contributed by atoms with Gasteiger partial charge in [0.05, 0.1) is 11.3 Å². The zero-order valence-electron chi connectivity index (χ0n) is 13.5. The van der Waals surface area contributed by atoms with Crippen LogP contribution in [-0.2, 0) is 4.79 Å². The van der Waals surface area contributed by atoms with Crippen molar-refractivity contribution in [1.29, 1.82) is 0 Å². The van der Waals surface area contributed by atoms with E-state index in [-0.39, 0.29) is 23.8 Å².